The van der Waals surface area contributed by atoms with E-state index < -0.39 is 0 Å². The number of ether oxygens (including phenoxy) is 1. The van der Waals surface area contributed by atoms with Crippen molar-refractivity contribution in [3.05, 3.63) is 46.0 Å². The first-order valence-electron chi connectivity index (χ1n) is 15.0. The molecule has 6 rings (SSSR count). The van der Waals surface area contributed by atoms with Crippen molar-refractivity contribution >= 4 is 6.09 Å². The number of nitrogens with two attached hydrogens (primary N) is 1. The third-order valence-electron chi connectivity index (χ3n) is 11.4. The number of allylic oxidation sites excluding steroid dienone is 2. The second-order valence-electron chi connectivity index (χ2n) is 13.4. The van der Waals surface area contributed by atoms with Crippen molar-refractivity contribution in [1.82, 2.24) is 10.2 Å². The highest BCUT2D eigenvalue weighted by Gasteiger charge is 2.58. The molecular formula is C31H45N3O4. The Morgan fingerprint density at radius 2 is 2.05 bits per heavy atom. The lowest BCUT2D eigenvalue weighted by atomic mass is 9.46. The van der Waals surface area contributed by atoms with Crippen molar-refractivity contribution in [2.45, 2.75) is 89.7 Å². The Bertz CT molecular complexity index is 1110. The number of amides is 1. The fourth-order valence-electron chi connectivity index (χ4n) is 9.30. The summed E-state index contributed by atoms with van der Waals surface area (Å²) in [6, 6.07) is 3.81. The van der Waals surface area contributed by atoms with Gasteiger partial charge in [-0.25, -0.2) is 9.59 Å². The molecule has 2 heterocycles. The third-order valence-corrected chi connectivity index (χ3v) is 11.4. The number of likely N-dealkylation sites (tertiary alicyclic amines) is 1. The average Bonchev–Trinajstić information content (AvgIpc) is 3.47. The van der Waals surface area contributed by atoms with Gasteiger partial charge in [-0.2, -0.15) is 0 Å². The molecule has 1 aromatic heterocycles. The molecule has 1 amide bonds. The third kappa shape index (κ3) is 4.64. The zero-order valence-electron chi connectivity index (χ0n) is 23.1. The summed E-state index contributed by atoms with van der Waals surface area (Å²) in [6.45, 7) is 8.38. The smallest absolute Gasteiger partial charge is 0.407 e. The monoisotopic (exact) mass is 523 g/mol. The van der Waals surface area contributed by atoms with Gasteiger partial charge in [0.15, 0.2) is 0 Å². The van der Waals surface area contributed by atoms with Crippen LogP contribution in [0.15, 0.2) is 39.3 Å². The number of fused-ring (bicyclic) bond motifs is 5. The molecule has 208 valence electrons. The van der Waals surface area contributed by atoms with Crippen molar-refractivity contribution in [3.8, 4) is 0 Å². The lowest BCUT2D eigenvalue weighted by molar-refractivity contribution is -0.0842. The lowest BCUT2D eigenvalue weighted by Crippen LogP contribution is -2.52. The SMILES string of the molecule is C[C@]12CC[C@H](OC(=O)NCCN3CC[C@H](N)C3)C[C@H]1CC[C@H]1C3=CC[C@H](c4ccc(=O)oc4)[C@@]3(C)CC[C@@H]12. The summed E-state index contributed by atoms with van der Waals surface area (Å²) in [6.07, 6.45) is 14.1. The van der Waals surface area contributed by atoms with Crippen LogP contribution in [-0.2, 0) is 4.74 Å². The number of alkyl carbamates (subject to hydrolysis) is 1. The maximum absolute atomic E-state index is 12.5. The van der Waals surface area contributed by atoms with Gasteiger partial charge in [-0.3, -0.25) is 4.90 Å². The van der Waals surface area contributed by atoms with Crippen LogP contribution in [-0.4, -0.2) is 49.3 Å². The van der Waals surface area contributed by atoms with Gasteiger partial charge in [0.1, 0.15) is 6.10 Å². The minimum absolute atomic E-state index is 0.0292. The number of carbonyl (C=O) groups excluding carboxylic acids is 1. The van der Waals surface area contributed by atoms with Crippen LogP contribution in [0.1, 0.15) is 83.1 Å². The maximum atomic E-state index is 12.5. The van der Waals surface area contributed by atoms with Crippen molar-refractivity contribution in [2.24, 2.45) is 34.3 Å². The molecule has 1 aliphatic heterocycles. The molecule has 3 N–H and O–H groups in total. The molecule has 7 heteroatoms. The summed E-state index contributed by atoms with van der Waals surface area (Å²) in [5, 5.41) is 2.97. The first-order chi connectivity index (χ1) is 18.3. The Morgan fingerprint density at radius 3 is 2.82 bits per heavy atom. The van der Waals surface area contributed by atoms with Gasteiger partial charge in [0.2, 0.25) is 0 Å². The number of carbonyl (C=O) groups is 1. The fourth-order valence-corrected chi connectivity index (χ4v) is 9.30. The first-order valence-corrected chi connectivity index (χ1v) is 15.0. The van der Waals surface area contributed by atoms with Gasteiger partial charge >= 0.3 is 11.7 Å². The van der Waals surface area contributed by atoms with E-state index in [1.54, 1.807) is 17.9 Å². The van der Waals surface area contributed by atoms with E-state index >= 15 is 0 Å². The molecule has 0 bridgehead atoms. The second kappa shape index (κ2) is 10.1. The number of hydrogen-bond donors (Lipinski definition) is 2. The predicted octanol–water partition coefficient (Wildman–Crippen LogP) is 4.81. The molecule has 38 heavy (non-hydrogen) atoms. The number of hydrogen-bond acceptors (Lipinski definition) is 6. The van der Waals surface area contributed by atoms with E-state index in [0.717, 1.165) is 57.3 Å². The van der Waals surface area contributed by atoms with Crippen LogP contribution in [0.2, 0.25) is 0 Å². The molecule has 3 saturated carbocycles. The summed E-state index contributed by atoms with van der Waals surface area (Å²) in [4.78, 5) is 26.4. The Hall–Kier alpha value is -2.12. The molecule has 1 saturated heterocycles. The summed E-state index contributed by atoms with van der Waals surface area (Å²) in [5.41, 5.74) is 9.01. The molecule has 8 atom stereocenters. The predicted molar refractivity (Wildman–Crippen MR) is 147 cm³/mol. The summed E-state index contributed by atoms with van der Waals surface area (Å²) in [7, 11) is 0. The quantitative estimate of drug-likeness (QED) is 0.538. The fraction of sp³-hybridized carbons (Fsp3) is 0.742. The first kappa shape index (κ1) is 26.1. The van der Waals surface area contributed by atoms with Gasteiger partial charge in [0, 0.05) is 31.7 Å². The molecule has 0 spiro atoms. The topological polar surface area (TPSA) is 97.8 Å². The minimum Gasteiger partial charge on any atom is -0.446 e. The standard InChI is InChI=1S/C31H45N3O4/c1-30-12-9-23(38-29(36)33-14-16-34-15-11-22(32)18-34)17-21(30)4-5-24-26-7-6-25(20-3-8-28(35)37-19-20)31(26,2)13-10-27(24)30/h3,7-8,19,21-25,27H,4-6,9-18,32H2,1-2H3,(H,33,36)/t21-,22+,23+,24+,25-,27+,30+,31-/m1/s1. The van der Waals surface area contributed by atoms with Crippen LogP contribution < -0.4 is 16.7 Å². The molecule has 4 fully saturated rings. The van der Waals surface area contributed by atoms with Crippen LogP contribution in [0.4, 0.5) is 4.79 Å². The van der Waals surface area contributed by atoms with Crippen LogP contribution in [0.3, 0.4) is 0 Å². The summed E-state index contributed by atoms with van der Waals surface area (Å²) in [5.74, 6) is 2.37. The van der Waals surface area contributed by atoms with Gasteiger partial charge in [-0.05, 0) is 110 Å². The van der Waals surface area contributed by atoms with E-state index in [1.165, 1.54) is 25.7 Å². The molecule has 0 unspecified atom stereocenters. The molecule has 7 nitrogen and oxygen atoms in total. The molecule has 4 aliphatic carbocycles. The van der Waals surface area contributed by atoms with Crippen molar-refractivity contribution in [1.29, 1.82) is 0 Å². The number of nitrogens with zero attached hydrogens (tertiary/aromatic N) is 1. The number of rotatable bonds is 5. The highest BCUT2D eigenvalue weighted by molar-refractivity contribution is 5.67. The Labute approximate surface area is 226 Å². The van der Waals surface area contributed by atoms with Crippen molar-refractivity contribution in [2.75, 3.05) is 26.2 Å². The van der Waals surface area contributed by atoms with E-state index in [-0.39, 0.29) is 29.3 Å². The van der Waals surface area contributed by atoms with E-state index in [0.29, 0.717) is 35.6 Å². The van der Waals surface area contributed by atoms with Crippen LogP contribution in [0.25, 0.3) is 0 Å². The molecule has 0 radical (unpaired) electrons. The lowest BCUT2D eigenvalue weighted by Gasteiger charge is -2.59. The number of nitrogens with one attached hydrogen (secondary N) is 1. The highest BCUT2D eigenvalue weighted by Crippen LogP contribution is 2.67. The van der Waals surface area contributed by atoms with Crippen molar-refractivity contribution < 1.29 is 13.9 Å². The van der Waals surface area contributed by atoms with Crippen LogP contribution in [0.5, 0.6) is 0 Å². The van der Waals surface area contributed by atoms with Crippen LogP contribution in [0, 0.1) is 28.6 Å². The maximum Gasteiger partial charge on any atom is 0.407 e. The zero-order valence-corrected chi connectivity index (χ0v) is 23.1. The van der Waals surface area contributed by atoms with Gasteiger partial charge in [-0.1, -0.05) is 25.5 Å². The van der Waals surface area contributed by atoms with E-state index in [4.69, 9.17) is 14.9 Å². The van der Waals surface area contributed by atoms with E-state index in [1.807, 2.05) is 6.07 Å². The van der Waals surface area contributed by atoms with Gasteiger partial charge in [0.25, 0.3) is 0 Å². The van der Waals surface area contributed by atoms with Crippen molar-refractivity contribution in [3.63, 3.8) is 0 Å². The summed E-state index contributed by atoms with van der Waals surface area (Å²) >= 11 is 0. The molecule has 5 aliphatic rings. The Balaban J connectivity index is 1.05. The Kier molecular flexibility index (Phi) is 6.96. The highest BCUT2D eigenvalue weighted by atomic mass is 16.6. The van der Waals surface area contributed by atoms with E-state index in [2.05, 4.69) is 30.1 Å². The molecule has 0 aromatic carbocycles. The summed E-state index contributed by atoms with van der Waals surface area (Å²) < 4.78 is 11.2. The largest absolute Gasteiger partial charge is 0.446 e. The van der Waals surface area contributed by atoms with E-state index in [9.17, 15) is 9.59 Å². The molecular weight excluding hydrogens is 478 g/mol. The normalized spacial score (nSPS) is 40.6. The van der Waals surface area contributed by atoms with Gasteiger partial charge < -0.3 is 20.2 Å². The van der Waals surface area contributed by atoms with Gasteiger partial charge in [-0.15, -0.1) is 0 Å². The zero-order chi connectivity index (χ0) is 26.5. The van der Waals surface area contributed by atoms with Crippen LogP contribution >= 0.6 is 0 Å². The Morgan fingerprint density at radius 1 is 1.18 bits per heavy atom. The second-order valence-corrected chi connectivity index (χ2v) is 13.4. The van der Waals surface area contributed by atoms with Gasteiger partial charge in [0.05, 0.1) is 6.26 Å². The minimum atomic E-state index is -0.274. The molecule has 1 aromatic rings. The average molecular weight is 524 g/mol.